The van der Waals surface area contributed by atoms with Crippen LogP contribution in [0.15, 0.2) is 97.2 Å². The highest BCUT2D eigenvalue weighted by atomic mass is 16.5. The van der Waals surface area contributed by atoms with Gasteiger partial charge >= 0.3 is 0 Å². The standard InChI is InChI=1S/C37H50N2O2.C2H6/c1-7-12-26-41-35-23-20-31(21-24-35)36-28-39(37(38-36)32-18-16-30(9-3)17-19-32)33(10-4)22-25-34(11-5)40-27-13-15-29(6)14-8-2;1-2/h8,10,13-15,20-25,27-28,30,32H,4,7,9,11-12,16-19,26H2,1-3,5-6H3;1-2H3/b14-8-,27-13+,29-15-,33-22+,34-25+;. The number of imidazole rings is 1. The van der Waals surface area contributed by atoms with E-state index in [1.165, 1.54) is 37.7 Å². The molecule has 0 N–H and O–H groups in total. The summed E-state index contributed by atoms with van der Waals surface area (Å²) in [6.07, 6.45) is 27.2. The highest BCUT2D eigenvalue weighted by molar-refractivity contribution is 5.65. The Hall–Kier alpha value is -3.53. The second-order valence-electron chi connectivity index (χ2n) is 10.8. The number of unbranched alkanes of at least 4 members (excludes halogenated alkanes) is 1. The van der Waals surface area contributed by atoms with Gasteiger partial charge in [0.25, 0.3) is 0 Å². The molecular formula is C39H56N2O2. The minimum atomic E-state index is 0.438. The van der Waals surface area contributed by atoms with E-state index in [1.807, 2.05) is 51.2 Å². The van der Waals surface area contributed by atoms with Crippen molar-refractivity contribution in [2.24, 2.45) is 5.92 Å². The van der Waals surface area contributed by atoms with E-state index in [1.54, 1.807) is 6.26 Å². The third kappa shape index (κ3) is 11.6. The van der Waals surface area contributed by atoms with Gasteiger partial charge in [0.15, 0.2) is 0 Å². The maximum absolute atomic E-state index is 5.94. The van der Waals surface area contributed by atoms with Crippen LogP contribution < -0.4 is 4.74 Å². The maximum atomic E-state index is 5.94. The fraction of sp³-hybridized carbons (Fsp3) is 0.462. The summed E-state index contributed by atoms with van der Waals surface area (Å²) in [6.45, 7) is 19.6. The first-order chi connectivity index (χ1) is 21.0. The van der Waals surface area contributed by atoms with Gasteiger partial charge in [0.05, 0.1) is 18.6 Å². The van der Waals surface area contributed by atoms with Crippen molar-refractivity contribution in [3.05, 3.63) is 103 Å². The first kappa shape index (κ1) is 35.7. The van der Waals surface area contributed by atoms with E-state index in [4.69, 9.17) is 14.5 Å². The lowest BCUT2D eigenvalue weighted by molar-refractivity contribution is 0.309. The molecule has 1 aromatic carbocycles. The largest absolute Gasteiger partial charge is 0.494 e. The Morgan fingerprint density at radius 2 is 1.74 bits per heavy atom. The third-order valence-electron chi connectivity index (χ3n) is 7.80. The minimum absolute atomic E-state index is 0.438. The molecule has 4 nitrogen and oxygen atoms in total. The van der Waals surface area contributed by atoms with Gasteiger partial charge in [-0.2, -0.15) is 0 Å². The first-order valence-corrected chi connectivity index (χ1v) is 16.5. The van der Waals surface area contributed by atoms with Crippen molar-refractivity contribution in [1.82, 2.24) is 9.55 Å². The number of hydrogen-bond donors (Lipinski definition) is 0. The molecule has 3 rings (SSSR count). The average molecular weight is 585 g/mol. The molecule has 0 amide bonds. The van der Waals surface area contributed by atoms with Crippen molar-refractivity contribution in [2.45, 2.75) is 106 Å². The summed E-state index contributed by atoms with van der Waals surface area (Å²) in [5.41, 5.74) is 4.25. The predicted octanol–water partition coefficient (Wildman–Crippen LogP) is 11.8. The van der Waals surface area contributed by atoms with Crippen LogP contribution in [0.4, 0.5) is 0 Å². The Morgan fingerprint density at radius 3 is 2.35 bits per heavy atom. The highest BCUT2D eigenvalue weighted by Crippen LogP contribution is 2.38. The van der Waals surface area contributed by atoms with Crippen LogP contribution >= 0.6 is 0 Å². The summed E-state index contributed by atoms with van der Waals surface area (Å²) in [7, 11) is 0. The van der Waals surface area contributed by atoms with E-state index < -0.39 is 0 Å². The Kier molecular flexibility index (Phi) is 16.9. The second-order valence-corrected chi connectivity index (χ2v) is 10.8. The number of aromatic nitrogens is 2. The van der Waals surface area contributed by atoms with Gasteiger partial charge in [0.2, 0.25) is 0 Å². The van der Waals surface area contributed by atoms with Gasteiger partial charge in [-0.15, -0.1) is 0 Å². The summed E-state index contributed by atoms with van der Waals surface area (Å²) in [5.74, 6) is 4.20. The predicted molar refractivity (Wildman–Crippen MR) is 186 cm³/mol. The highest BCUT2D eigenvalue weighted by Gasteiger charge is 2.26. The molecule has 0 unspecified atom stereocenters. The van der Waals surface area contributed by atoms with Crippen LogP contribution in [0.3, 0.4) is 0 Å². The molecule has 0 bridgehead atoms. The number of benzene rings is 1. The molecule has 0 atom stereocenters. The summed E-state index contributed by atoms with van der Waals surface area (Å²) in [5, 5.41) is 0. The zero-order valence-electron chi connectivity index (χ0n) is 27.9. The summed E-state index contributed by atoms with van der Waals surface area (Å²) < 4.78 is 14.1. The number of allylic oxidation sites excluding steroid dienone is 10. The number of rotatable bonds is 15. The molecule has 1 saturated carbocycles. The molecule has 2 aromatic rings. The van der Waals surface area contributed by atoms with Gasteiger partial charge in [-0.05, 0) is 100 Å². The Morgan fingerprint density at radius 1 is 1.02 bits per heavy atom. The van der Waals surface area contributed by atoms with Crippen molar-refractivity contribution in [1.29, 1.82) is 0 Å². The minimum Gasteiger partial charge on any atom is -0.494 e. The maximum Gasteiger partial charge on any atom is 0.119 e. The molecule has 43 heavy (non-hydrogen) atoms. The van der Waals surface area contributed by atoms with Crippen molar-refractivity contribution in [3.8, 4) is 17.0 Å². The molecule has 1 fully saturated rings. The molecule has 4 heteroatoms. The fourth-order valence-electron chi connectivity index (χ4n) is 5.22. The van der Waals surface area contributed by atoms with Crippen molar-refractivity contribution in [2.75, 3.05) is 6.61 Å². The molecule has 1 heterocycles. The second kappa shape index (κ2) is 20.4. The number of ether oxygens (including phenoxy) is 2. The van der Waals surface area contributed by atoms with Gasteiger partial charge < -0.3 is 14.0 Å². The summed E-state index contributed by atoms with van der Waals surface area (Å²) in [4.78, 5) is 5.23. The monoisotopic (exact) mass is 584 g/mol. The molecule has 1 aliphatic carbocycles. The van der Waals surface area contributed by atoms with Crippen LogP contribution in [0, 0.1) is 5.92 Å². The number of hydrogen-bond acceptors (Lipinski definition) is 3. The lowest BCUT2D eigenvalue weighted by Gasteiger charge is -2.28. The fourth-order valence-corrected chi connectivity index (χ4v) is 5.22. The molecule has 234 valence electrons. The number of nitrogens with zero attached hydrogens (tertiary/aromatic N) is 2. The summed E-state index contributed by atoms with van der Waals surface area (Å²) in [6, 6.07) is 8.34. The van der Waals surface area contributed by atoms with Crippen LogP contribution in [0.5, 0.6) is 5.75 Å². The smallest absolute Gasteiger partial charge is 0.119 e. The van der Waals surface area contributed by atoms with Gasteiger partial charge in [-0.1, -0.05) is 77.8 Å². The van der Waals surface area contributed by atoms with Crippen LogP contribution in [-0.4, -0.2) is 16.2 Å². The van der Waals surface area contributed by atoms with E-state index in [0.29, 0.717) is 5.92 Å². The van der Waals surface area contributed by atoms with Crippen LogP contribution in [-0.2, 0) is 4.74 Å². The van der Waals surface area contributed by atoms with E-state index in [9.17, 15) is 0 Å². The first-order valence-electron chi connectivity index (χ1n) is 16.5. The molecule has 1 aromatic heterocycles. The van der Waals surface area contributed by atoms with E-state index in [0.717, 1.165) is 66.1 Å². The molecule has 0 saturated heterocycles. The third-order valence-corrected chi connectivity index (χ3v) is 7.80. The normalized spacial score (nSPS) is 18.1. The lowest BCUT2D eigenvalue weighted by Crippen LogP contribution is -2.16. The van der Waals surface area contributed by atoms with Gasteiger partial charge in [-0.3, -0.25) is 0 Å². The zero-order valence-corrected chi connectivity index (χ0v) is 27.9. The molecule has 0 radical (unpaired) electrons. The van der Waals surface area contributed by atoms with Gasteiger partial charge in [0.1, 0.15) is 17.3 Å². The molecule has 0 aliphatic heterocycles. The van der Waals surface area contributed by atoms with E-state index in [-0.39, 0.29) is 0 Å². The molecule has 0 spiro atoms. The van der Waals surface area contributed by atoms with E-state index >= 15 is 0 Å². The summed E-state index contributed by atoms with van der Waals surface area (Å²) >= 11 is 0. The average Bonchev–Trinajstić information content (AvgIpc) is 3.49. The Labute approximate surface area is 262 Å². The lowest BCUT2D eigenvalue weighted by atomic mass is 9.80. The zero-order chi connectivity index (χ0) is 31.5. The van der Waals surface area contributed by atoms with Crippen LogP contribution in [0.25, 0.3) is 17.0 Å². The molecular weight excluding hydrogens is 528 g/mol. The quantitative estimate of drug-likeness (QED) is 0.119. The van der Waals surface area contributed by atoms with Crippen LogP contribution in [0.2, 0.25) is 0 Å². The van der Waals surface area contributed by atoms with Gasteiger partial charge in [0, 0.05) is 29.8 Å². The molecule has 1 aliphatic rings. The van der Waals surface area contributed by atoms with E-state index in [2.05, 4.69) is 81.5 Å². The SMILES string of the molecule is C=C/C(=C\C=C(/CC)O/C=C/C=C(C)\C=C/C)n1cc(-c2ccc(OCCCC)cc2)nc1C1CCC(CC)CC1.CC. The Balaban J connectivity index is 0.00000316. The van der Waals surface area contributed by atoms with Gasteiger partial charge in [-0.25, -0.2) is 4.98 Å². The van der Waals surface area contributed by atoms with Crippen molar-refractivity contribution < 1.29 is 9.47 Å². The van der Waals surface area contributed by atoms with Crippen molar-refractivity contribution >= 4 is 5.70 Å². The Bertz CT molecular complexity index is 1230. The topological polar surface area (TPSA) is 36.3 Å². The van der Waals surface area contributed by atoms with Crippen molar-refractivity contribution in [3.63, 3.8) is 0 Å². The van der Waals surface area contributed by atoms with Crippen LogP contribution in [0.1, 0.15) is 112 Å².